The van der Waals surface area contributed by atoms with Gasteiger partial charge in [0.1, 0.15) is 6.33 Å². The molecule has 122 valence electrons. The molecule has 0 aliphatic carbocycles. The van der Waals surface area contributed by atoms with Gasteiger partial charge in [-0.2, -0.15) is 10.1 Å². The quantitative estimate of drug-likeness (QED) is 0.863. The average molecular weight is 334 g/mol. The fraction of sp³-hybridized carbons (Fsp3) is 0.400. The lowest BCUT2D eigenvalue weighted by molar-refractivity contribution is -0.0460. The lowest BCUT2D eigenvalue weighted by Gasteiger charge is -2.17. The lowest BCUT2D eigenvalue weighted by atomic mass is 10.0. The number of carbonyl (C=O) groups is 1. The van der Waals surface area contributed by atoms with Crippen LogP contribution in [0.4, 0.5) is 5.95 Å². The van der Waals surface area contributed by atoms with E-state index in [1.807, 2.05) is 19.2 Å². The Bertz CT molecular complexity index is 726. The largest absolute Gasteiger partial charge is 0.346 e. The van der Waals surface area contributed by atoms with Crippen LogP contribution in [0.5, 0.6) is 0 Å². The number of nitrogens with zero attached hydrogens (tertiary/aromatic N) is 3. The molecule has 2 aromatic rings. The minimum absolute atomic E-state index is 0.214. The number of benzene rings is 1. The van der Waals surface area contributed by atoms with E-state index in [0.29, 0.717) is 24.7 Å². The second-order valence-electron chi connectivity index (χ2n) is 5.10. The van der Waals surface area contributed by atoms with Gasteiger partial charge in [-0.05, 0) is 24.8 Å². The van der Waals surface area contributed by atoms with E-state index in [2.05, 4.69) is 15.4 Å². The number of nitrogens with one attached hydrogen (secondary N) is 1. The maximum atomic E-state index is 12.5. The van der Waals surface area contributed by atoms with Crippen molar-refractivity contribution in [1.82, 2.24) is 14.8 Å². The van der Waals surface area contributed by atoms with Crippen molar-refractivity contribution in [3.05, 3.63) is 35.2 Å². The molecular weight excluding hydrogens is 316 g/mol. The molecule has 2 heterocycles. The molecule has 1 fully saturated rings. The summed E-state index contributed by atoms with van der Waals surface area (Å²) in [4.78, 5) is 17.5. The first kappa shape index (κ1) is 16.0. The maximum absolute atomic E-state index is 12.5. The fourth-order valence-electron chi connectivity index (χ4n) is 2.53. The van der Waals surface area contributed by atoms with Gasteiger partial charge >= 0.3 is 0 Å². The van der Waals surface area contributed by atoms with E-state index in [1.165, 1.54) is 11.0 Å². The summed E-state index contributed by atoms with van der Waals surface area (Å²) in [6.45, 7) is 3.10. The monoisotopic (exact) mass is 334 g/mol. The molecule has 3 rings (SSSR count). The van der Waals surface area contributed by atoms with Crippen molar-refractivity contribution in [2.75, 3.05) is 24.8 Å². The molecule has 1 aliphatic heterocycles. The minimum atomic E-state index is -0.355. The summed E-state index contributed by atoms with van der Waals surface area (Å²) >= 11 is 1.58. The van der Waals surface area contributed by atoms with E-state index in [1.54, 1.807) is 24.9 Å². The number of rotatable bonds is 4. The zero-order valence-corrected chi connectivity index (χ0v) is 14.0. The second-order valence-corrected chi connectivity index (χ2v) is 5.91. The van der Waals surface area contributed by atoms with Crippen molar-refractivity contribution in [2.45, 2.75) is 18.1 Å². The zero-order chi connectivity index (χ0) is 16.4. The van der Waals surface area contributed by atoms with Crippen LogP contribution in [0.1, 0.15) is 27.8 Å². The molecule has 1 aromatic heterocycles. The van der Waals surface area contributed by atoms with Gasteiger partial charge in [0.25, 0.3) is 5.91 Å². The Morgan fingerprint density at radius 2 is 2.13 bits per heavy atom. The van der Waals surface area contributed by atoms with Crippen LogP contribution in [0.25, 0.3) is 0 Å². The molecule has 23 heavy (non-hydrogen) atoms. The summed E-state index contributed by atoms with van der Waals surface area (Å²) < 4.78 is 12.7. The van der Waals surface area contributed by atoms with Crippen molar-refractivity contribution < 1.29 is 14.3 Å². The smallest absolute Gasteiger partial charge is 0.258 e. The van der Waals surface area contributed by atoms with E-state index < -0.39 is 0 Å². The summed E-state index contributed by atoms with van der Waals surface area (Å²) in [5.41, 5.74) is 2.45. The summed E-state index contributed by atoms with van der Waals surface area (Å²) in [5.74, 6) is 0.195. The van der Waals surface area contributed by atoms with Crippen molar-refractivity contribution in [3.8, 4) is 0 Å². The number of hydrogen-bond acceptors (Lipinski definition) is 6. The van der Waals surface area contributed by atoms with Gasteiger partial charge in [0.2, 0.25) is 5.95 Å². The van der Waals surface area contributed by atoms with Crippen molar-refractivity contribution in [2.24, 2.45) is 7.05 Å². The van der Waals surface area contributed by atoms with Gasteiger partial charge in [0.15, 0.2) is 6.29 Å². The van der Waals surface area contributed by atoms with Gasteiger partial charge in [-0.3, -0.25) is 10.1 Å². The topological polar surface area (TPSA) is 78.3 Å². The summed E-state index contributed by atoms with van der Waals surface area (Å²) in [6, 6.07) is 3.68. The molecule has 1 saturated heterocycles. The van der Waals surface area contributed by atoms with E-state index in [0.717, 1.165) is 16.0 Å². The van der Waals surface area contributed by atoms with Gasteiger partial charge in [-0.15, -0.1) is 11.8 Å². The number of amides is 1. The highest BCUT2D eigenvalue weighted by Gasteiger charge is 2.24. The van der Waals surface area contributed by atoms with Crippen LogP contribution < -0.4 is 5.32 Å². The fourth-order valence-corrected chi connectivity index (χ4v) is 3.35. The molecule has 0 bridgehead atoms. The Balaban J connectivity index is 1.90. The number of thioether (sulfide) groups is 1. The third-order valence-electron chi connectivity index (χ3n) is 3.70. The summed E-state index contributed by atoms with van der Waals surface area (Å²) in [6.07, 6.45) is 3.02. The molecule has 1 aliphatic rings. The molecule has 7 nitrogen and oxygen atoms in total. The van der Waals surface area contributed by atoms with E-state index in [4.69, 9.17) is 9.47 Å². The van der Waals surface area contributed by atoms with Gasteiger partial charge in [0, 0.05) is 23.1 Å². The molecule has 1 aromatic carbocycles. The highest BCUT2D eigenvalue weighted by atomic mass is 32.2. The van der Waals surface area contributed by atoms with Crippen LogP contribution in [-0.2, 0) is 16.5 Å². The molecule has 0 unspecified atom stereocenters. The molecule has 0 spiro atoms. The number of anilines is 1. The van der Waals surface area contributed by atoms with Gasteiger partial charge in [-0.1, -0.05) is 6.07 Å². The number of aryl methyl sites for hydroxylation is 1. The molecule has 0 radical (unpaired) electrons. The van der Waals surface area contributed by atoms with Crippen molar-refractivity contribution in [1.29, 1.82) is 0 Å². The second kappa shape index (κ2) is 6.69. The molecule has 0 atom stereocenters. The molecule has 1 amide bonds. The highest BCUT2D eigenvalue weighted by molar-refractivity contribution is 7.98. The van der Waals surface area contributed by atoms with Gasteiger partial charge < -0.3 is 9.47 Å². The molecule has 8 heteroatoms. The molecule has 1 N–H and O–H groups in total. The average Bonchev–Trinajstić information content (AvgIpc) is 3.19. The van der Waals surface area contributed by atoms with Crippen LogP contribution in [-0.4, -0.2) is 40.1 Å². The van der Waals surface area contributed by atoms with E-state index >= 15 is 0 Å². The Morgan fingerprint density at radius 3 is 2.74 bits per heavy atom. The van der Waals surface area contributed by atoms with Crippen molar-refractivity contribution >= 4 is 23.6 Å². The summed E-state index contributed by atoms with van der Waals surface area (Å²) in [7, 11) is 1.72. The van der Waals surface area contributed by atoms with Gasteiger partial charge in [-0.25, -0.2) is 4.68 Å². The van der Waals surface area contributed by atoms with E-state index in [9.17, 15) is 4.79 Å². The number of aromatic nitrogens is 3. The van der Waals surface area contributed by atoms with Crippen molar-refractivity contribution in [3.63, 3.8) is 0 Å². The van der Waals surface area contributed by atoms with Crippen LogP contribution >= 0.6 is 11.8 Å². The SMILES string of the molecule is CSc1c(C2OCCO2)ccc(C(=O)Nc2ncnn2C)c1C. The van der Waals surface area contributed by atoms with Crippen LogP contribution in [0, 0.1) is 6.92 Å². The first-order chi connectivity index (χ1) is 11.1. The first-order valence-corrected chi connectivity index (χ1v) is 8.40. The van der Waals surface area contributed by atoms with Crippen LogP contribution in [0.3, 0.4) is 0 Å². The minimum Gasteiger partial charge on any atom is -0.346 e. The predicted molar refractivity (Wildman–Crippen MR) is 86.6 cm³/mol. The normalized spacial score (nSPS) is 15.1. The number of carbonyl (C=O) groups excluding carboxylic acids is 1. The van der Waals surface area contributed by atoms with Gasteiger partial charge in [0.05, 0.1) is 13.2 Å². The number of hydrogen-bond donors (Lipinski definition) is 1. The first-order valence-electron chi connectivity index (χ1n) is 7.18. The third-order valence-corrected chi connectivity index (χ3v) is 4.65. The Hall–Kier alpha value is -1.90. The third kappa shape index (κ3) is 3.10. The zero-order valence-electron chi connectivity index (χ0n) is 13.2. The van der Waals surface area contributed by atoms with Crippen LogP contribution in [0.2, 0.25) is 0 Å². The summed E-state index contributed by atoms with van der Waals surface area (Å²) in [5, 5.41) is 6.71. The predicted octanol–water partition coefficient (Wildman–Crippen LogP) is 2.14. The number of ether oxygens (including phenoxy) is 2. The van der Waals surface area contributed by atoms with Crippen LogP contribution in [0.15, 0.2) is 23.4 Å². The Labute approximate surface area is 138 Å². The lowest BCUT2D eigenvalue weighted by Crippen LogP contribution is -2.17. The van der Waals surface area contributed by atoms with E-state index in [-0.39, 0.29) is 12.2 Å². The Morgan fingerprint density at radius 1 is 1.39 bits per heavy atom. The standard InChI is InChI=1S/C15H18N4O3S/c1-9-10(13(20)18-15-16-8-17-19(15)2)4-5-11(12(9)23-3)14-21-6-7-22-14/h4-5,8,14H,6-7H2,1-3H3,(H,16,17,18,20). The molecular formula is C15H18N4O3S. The highest BCUT2D eigenvalue weighted by Crippen LogP contribution is 2.35. The Kier molecular flexibility index (Phi) is 4.65. The maximum Gasteiger partial charge on any atom is 0.258 e. The molecule has 0 saturated carbocycles.